The van der Waals surface area contributed by atoms with Gasteiger partial charge in [-0.25, -0.2) is 13.2 Å². The minimum Gasteiger partial charge on any atom is -0.206 e. The number of unbranched alkanes of at least 4 members (excludes halogenated alkanes) is 7. The monoisotopic (exact) mass is 572 g/mol. The summed E-state index contributed by atoms with van der Waals surface area (Å²) in [6.07, 6.45) is 22.0. The van der Waals surface area contributed by atoms with E-state index in [2.05, 4.69) is 32.1 Å². The van der Waals surface area contributed by atoms with Gasteiger partial charge in [0.25, 0.3) is 0 Å². The molecule has 0 saturated heterocycles. The van der Waals surface area contributed by atoms with E-state index >= 15 is 8.78 Å². The van der Waals surface area contributed by atoms with Gasteiger partial charge in [0.15, 0.2) is 11.6 Å². The van der Waals surface area contributed by atoms with E-state index in [1.807, 2.05) is 12.1 Å². The van der Waals surface area contributed by atoms with Crippen LogP contribution in [0.5, 0.6) is 0 Å². The van der Waals surface area contributed by atoms with Crippen molar-refractivity contribution in [2.45, 2.75) is 104 Å². The summed E-state index contributed by atoms with van der Waals surface area (Å²) in [5, 5.41) is 0. The van der Waals surface area contributed by atoms with Crippen LogP contribution in [0.15, 0.2) is 72.8 Å². The lowest BCUT2D eigenvalue weighted by Gasteiger charge is -2.22. The maximum Gasteiger partial charge on any atom is 0.166 e. The second kappa shape index (κ2) is 16.5. The van der Waals surface area contributed by atoms with Crippen molar-refractivity contribution >= 4 is 5.57 Å². The first-order valence-electron chi connectivity index (χ1n) is 16.2. The molecule has 3 heteroatoms. The first-order chi connectivity index (χ1) is 20.5. The molecule has 3 aromatic rings. The number of benzene rings is 3. The molecule has 0 amide bonds. The predicted molar refractivity (Wildman–Crippen MR) is 173 cm³/mol. The fourth-order valence-electron chi connectivity index (χ4n) is 6.14. The Morgan fingerprint density at radius 2 is 1.38 bits per heavy atom. The van der Waals surface area contributed by atoms with Crippen molar-refractivity contribution < 1.29 is 13.2 Å². The molecular weight excluding hydrogens is 525 g/mol. The number of hydrogen-bond donors (Lipinski definition) is 0. The highest BCUT2D eigenvalue weighted by atomic mass is 19.2. The molecule has 0 aromatic heterocycles. The largest absolute Gasteiger partial charge is 0.206 e. The van der Waals surface area contributed by atoms with Gasteiger partial charge >= 0.3 is 0 Å². The SMILES string of the molecule is C/C=C/CCC1CC=C(c2ccc(-c3ccc(-c4ccc(CCCCCCCCCC)c(F)c4F)cc3)c(F)c2)CC1. The molecule has 1 aliphatic rings. The van der Waals surface area contributed by atoms with Crippen LogP contribution in [-0.2, 0) is 6.42 Å². The lowest BCUT2D eigenvalue weighted by Crippen LogP contribution is -2.05. The number of aryl methyl sites for hydroxylation is 1. The molecule has 0 nitrogen and oxygen atoms in total. The fourth-order valence-corrected chi connectivity index (χ4v) is 6.14. The zero-order chi connectivity index (χ0) is 29.7. The zero-order valence-electron chi connectivity index (χ0n) is 25.5. The maximum atomic E-state index is 15.2. The van der Waals surface area contributed by atoms with Crippen molar-refractivity contribution in [2.24, 2.45) is 5.92 Å². The Balaban J connectivity index is 1.35. The molecule has 224 valence electrons. The Morgan fingerprint density at radius 3 is 2.02 bits per heavy atom. The van der Waals surface area contributed by atoms with Crippen molar-refractivity contribution in [3.8, 4) is 22.3 Å². The highest BCUT2D eigenvalue weighted by molar-refractivity contribution is 5.74. The topological polar surface area (TPSA) is 0 Å². The standard InChI is InChI=1S/C39H47F3/c1-3-5-7-8-9-10-11-13-15-33-24-27-36(39(42)38(33)41)32-22-20-31(21-23-32)35-26-25-34(28-37(35)40)30-18-16-29(17-19-30)14-12-6-4-2/h4,6,18,20-29H,3,5,7-17,19H2,1-2H3/b6-4+. The van der Waals surface area contributed by atoms with Crippen molar-refractivity contribution in [3.63, 3.8) is 0 Å². The van der Waals surface area contributed by atoms with Crippen molar-refractivity contribution in [1.29, 1.82) is 0 Å². The molecule has 0 spiro atoms. The minimum atomic E-state index is -0.805. The molecule has 4 rings (SSSR count). The third-order valence-electron chi connectivity index (χ3n) is 8.81. The summed E-state index contributed by atoms with van der Waals surface area (Å²) in [5.74, 6) is -1.11. The predicted octanol–water partition coefficient (Wildman–Crippen LogP) is 12.7. The molecule has 1 atom stereocenters. The van der Waals surface area contributed by atoms with Gasteiger partial charge in [-0.3, -0.25) is 0 Å². The van der Waals surface area contributed by atoms with Gasteiger partial charge in [0, 0.05) is 11.1 Å². The van der Waals surface area contributed by atoms with Crippen LogP contribution in [0.3, 0.4) is 0 Å². The highest BCUT2D eigenvalue weighted by Gasteiger charge is 2.17. The fraction of sp³-hybridized carbons (Fsp3) is 0.436. The second-order valence-corrected chi connectivity index (χ2v) is 11.9. The normalized spacial score (nSPS) is 15.4. The molecule has 1 aliphatic carbocycles. The van der Waals surface area contributed by atoms with Gasteiger partial charge in [0.1, 0.15) is 5.82 Å². The van der Waals surface area contributed by atoms with Crippen LogP contribution in [-0.4, -0.2) is 0 Å². The molecular formula is C39H47F3. The number of halogens is 3. The summed E-state index contributed by atoms with van der Waals surface area (Å²) in [6.45, 7) is 4.27. The Bertz CT molecular complexity index is 1330. The average Bonchev–Trinajstić information content (AvgIpc) is 3.01. The van der Waals surface area contributed by atoms with E-state index in [0.29, 0.717) is 29.0 Å². The van der Waals surface area contributed by atoms with Gasteiger partial charge in [0.05, 0.1) is 0 Å². The van der Waals surface area contributed by atoms with Crippen molar-refractivity contribution in [2.75, 3.05) is 0 Å². The van der Waals surface area contributed by atoms with Crippen LogP contribution in [0.2, 0.25) is 0 Å². The number of hydrogen-bond acceptors (Lipinski definition) is 0. The average molecular weight is 573 g/mol. The molecule has 1 unspecified atom stereocenters. The van der Waals surface area contributed by atoms with E-state index < -0.39 is 11.6 Å². The quantitative estimate of drug-likeness (QED) is 0.125. The van der Waals surface area contributed by atoms with Gasteiger partial charge in [0.2, 0.25) is 0 Å². The molecule has 0 aliphatic heterocycles. The van der Waals surface area contributed by atoms with E-state index in [9.17, 15) is 4.39 Å². The molecule has 42 heavy (non-hydrogen) atoms. The van der Waals surface area contributed by atoms with Crippen molar-refractivity contribution in [3.05, 3.63) is 101 Å². The lowest BCUT2D eigenvalue weighted by atomic mass is 9.84. The van der Waals surface area contributed by atoms with Crippen LogP contribution < -0.4 is 0 Å². The summed E-state index contributed by atoms with van der Waals surface area (Å²) < 4.78 is 45.2. The molecule has 0 N–H and O–H groups in total. The van der Waals surface area contributed by atoms with E-state index in [1.54, 1.807) is 42.5 Å². The van der Waals surface area contributed by atoms with Gasteiger partial charge in [-0.1, -0.05) is 119 Å². The Labute approximate surface area is 251 Å². The van der Waals surface area contributed by atoms with Crippen LogP contribution in [0, 0.1) is 23.4 Å². The Kier molecular flexibility index (Phi) is 12.5. The summed E-state index contributed by atoms with van der Waals surface area (Å²) in [6, 6.07) is 15.9. The van der Waals surface area contributed by atoms with Crippen LogP contribution in [0.1, 0.15) is 108 Å². The molecule has 0 radical (unpaired) electrons. The summed E-state index contributed by atoms with van der Waals surface area (Å²) >= 11 is 0. The van der Waals surface area contributed by atoms with Crippen LogP contribution >= 0.6 is 0 Å². The first-order valence-corrected chi connectivity index (χ1v) is 16.2. The second-order valence-electron chi connectivity index (χ2n) is 11.9. The summed E-state index contributed by atoms with van der Waals surface area (Å²) in [7, 11) is 0. The van der Waals surface area contributed by atoms with Gasteiger partial charge in [-0.2, -0.15) is 0 Å². The summed E-state index contributed by atoms with van der Waals surface area (Å²) in [4.78, 5) is 0. The van der Waals surface area contributed by atoms with E-state index in [0.717, 1.165) is 56.1 Å². The van der Waals surface area contributed by atoms with Crippen molar-refractivity contribution in [1.82, 2.24) is 0 Å². The third-order valence-corrected chi connectivity index (χ3v) is 8.81. The molecule has 3 aromatic carbocycles. The molecule has 0 fully saturated rings. The number of allylic oxidation sites excluding steroid dienone is 4. The van der Waals surface area contributed by atoms with Gasteiger partial charge in [-0.05, 0) is 91.7 Å². The first kappa shape index (κ1) is 31.9. The van der Waals surface area contributed by atoms with E-state index in [4.69, 9.17) is 0 Å². The zero-order valence-corrected chi connectivity index (χ0v) is 25.5. The van der Waals surface area contributed by atoms with E-state index in [-0.39, 0.29) is 11.4 Å². The molecule has 0 bridgehead atoms. The summed E-state index contributed by atoms with van der Waals surface area (Å²) in [5.41, 5.74) is 4.67. The van der Waals surface area contributed by atoms with E-state index in [1.165, 1.54) is 44.1 Å². The third kappa shape index (κ3) is 8.72. The lowest BCUT2D eigenvalue weighted by molar-refractivity contribution is 0.454. The van der Waals surface area contributed by atoms with Gasteiger partial charge in [-0.15, -0.1) is 0 Å². The Hall–Kier alpha value is -3.07. The minimum absolute atomic E-state index is 0.239. The number of rotatable bonds is 15. The molecule has 0 heterocycles. The smallest absolute Gasteiger partial charge is 0.166 e. The highest BCUT2D eigenvalue weighted by Crippen LogP contribution is 2.35. The Morgan fingerprint density at radius 1 is 0.738 bits per heavy atom. The van der Waals surface area contributed by atoms with Crippen LogP contribution in [0.25, 0.3) is 27.8 Å². The molecule has 0 saturated carbocycles. The van der Waals surface area contributed by atoms with Gasteiger partial charge < -0.3 is 0 Å². The maximum absolute atomic E-state index is 15.2. The van der Waals surface area contributed by atoms with Crippen LogP contribution in [0.4, 0.5) is 13.2 Å².